The molecule has 1 aliphatic carbocycles. The molecule has 0 bridgehead atoms. The van der Waals surface area contributed by atoms with Crippen molar-refractivity contribution in [1.82, 2.24) is 16.0 Å². The Bertz CT molecular complexity index is 957. The first-order chi connectivity index (χ1) is 15.7. The molecule has 0 heterocycles. The molecular formula is C24H29F3N4O2. The van der Waals surface area contributed by atoms with Crippen LogP contribution in [0, 0.1) is 0 Å². The maximum atomic E-state index is 13.2. The lowest BCUT2D eigenvalue weighted by molar-refractivity contribution is -0.137. The first-order valence-electron chi connectivity index (χ1n) is 11.0. The average molecular weight is 463 g/mol. The molecule has 0 saturated heterocycles. The zero-order valence-corrected chi connectivity index (χ0v) is 18.5. The predicted molar refractivity (Wildman–Crippen MR) is 121 cm³/mol. The van der Waals surface area contributed by atoms with E-state index in [0.717, 1.165) is 31.0 Å². The summed E-state index contributed by atoms with van der Waals surface area (Å²) in [7, 11) is 1.86. The lowest BCUT2D eigenvalue weighted by Crippen LogP contribution is -2.48. The molecule has 2 aromatic carbocycles. The van der Waals surface area contributed by atoms with Gasteiger partial charge in [0.2, 0.25) is 11.8 Å². The van der Waals surface area contributed by atoms with Crippen LogP contribution >= 0.6 is 0 Å². The van der Waals surface area contributed by atoms with Crippen molar-refractivity contribution in [3.8, 4) is 0 Å². The topological polar surface area (TPSA) is 82.3 Å². The zero-order chi connectivity index (χ0) is 23.9. The number of hydrogen-bond donors (Lipinski definition) is 4. The average Bonchev–Trinajstić information content (AvgIpc) is 3.56. The summed E-state index contributed by atoms with van der Waals surface area (Å²) in [5, 5.41) is 11.5. The highest BCUT2D eigenvalue weighted by Gasteiger charge is 2.50. The normalized spacial score (nSPS) is 14.4. The van der Waals surface area contributed by atoms with E-state index in [4.69, 9.17) is 0 Å². The molecule has 2 aromatic rings. The molecule has 2 amide bonds. The van der Waals surface area contributed by atoms with Crippen molar-refractivity contribution in [2.45, 2.75) is 50.4 Å². The fraction of sp³-hybridized carbons (Fsp3) is 0.417. The van der Waals surface area contributed by atoms with Crippen LogP contribution in [0.1, 0.15) is 43.2 Å². The molecule has 0 spiro atoms. The predicted octanol–water partition coefficient (Wildman–Crippen LogP) is 4.10. The first-order valence-corrected chi connectivity index (χ1v) is 11.0. The summed E-state index contributed by atoms with van der Waals surface area (Å²) in [6.07, 6.45) is -1.17. The summed E-state index contributed by atoms with van der Waals surface area (Å²) in [4.78, 5) is 24.7. The van der Waals surface area contributed by atoms with Crippen LogP contribution in [-0.2, 0) is 22.3 Å². The molecule has 178 valence electrons. The van der Waals surface area contributed by atoms with Crippen molar-refractivity contribution < 1.29 is 22.8 Å². The molecule has 1 saturated carbocycles. The minimum Gasteiger partial charge on any atom is -0.355 e. The maximum absolute atomic E-state index is 13.2. The molecule has 6 nitrogen and oxygen atoms in total. The number of unbranched alkanes of at least 4 members (excludes halogenated alkanes) is 1. The van der Waals surface area contributed by atoms with E-state index in [1.807, 2.05) is 7.05 Å². The van der Waals surface area contributed by atoms with Crippen molar-refractivity contribution in [1.29, 1.82) is 0 Å². The summed E-state index contributed by atoms with van der Waals surface area (Å²) in [6.45, 7) is 1.11. The Morgan fingerprint density at radius 3 is 2.33 bits per heavy atom. The molecule has 0 atom stereocenters. The molecule has 4 N–H and O–H groups in total. The van der Waals surface area contributed by atoms with Crippen LogP contribution in [0.2, 0.25) is 0 Å². The molecule has 0 unspecified atom stereocenters. The number of rotatable bonds is 11. The van der Waals surface area contributed by atoms with Crippen LogP contribution in [0.15, 0.2) is 48.5 Å². The van der Waals surface area contributed by atoms with Gasteiger partial charge in [0, 0.05) is 18.7 Å². The lowest BCUT2D eigenvalue weighted by Gasteiger charge is -2.18. The number of para-hydroxylation sites is 1. The van der Waals surface area contributed by atoms with E-state index in [0.29, 0.717) is 24.9 Å². The molecule has 0 radical (unpaired) electrons. The van der Waals surface area contributed by atoms with Crippen LogP contribution in [0.25, 0.3) is 0 Å². The smallest absolute Gasteiger partial charge is 0.355 e. The van der Waals surface area contributed by atoms with Gasteiger partial charge in [0.25, 0.3) is 0 Å². The van der Waals surface area contributed by atoms with Gasteiger partial charge >= 0.3 is 6.18 Å². The third kappa shape index (κ3) is 6.95. The van der Waals surface area contributed by atoms with Gasteiger partial charge in [-0.1, -0.05) is 24.3 Å². The highest BCUT2D eigenvalue weighted by Crippen LogP contribution is 2.36. The van der Waals surface area contributed by atoms with Gasteiger partial charge in [-0.25, -0.2) is 0 Å². The second-order valence-electron chi connectivity index (χ2n) is 8.24. The highest BCUT2D eigenvalue weighted by molar-refractivity contribution is 5.94. The Balaban J connectivity index is 1.50. The van der Waals surface area contributed by atoms with Crippen LogP contribution in [0.4, 0.5) is 24.5 Å². The monoisotopic (exact) mass is 462 g/mol. The van der Waals surface area contributed by atoms with Gasteiger partial charge < -0.3 is 21.3 Å². The molecule has 1 fully saturated rings. The number of amides is 2. The number of anilines is 2. The molecule has 33 heavy (non-hydrogen) atoms. The number of alkyl halides is 3. The van der Waals surface area contributed by atoms with Crippen molar-refractivity contribution >= 4 is 23.2 Å². The van der Waals surface area contributed by atoms with E-state index in [1.54, 1.807) is 24.3 Å². The standard InChI is InChI=1S/C24H29F3N4O2/c1-28-15-5-4-8-21(32)31-23(13-14-23)22(33)29-16-17-9-11-18(12-10-17)30-20-7-3-2-6-19(20)24(25,26)27/h2-3,6-7,9-12,28,30H,4-5,8,13-16H2,1H3,(H,29,33)(H,31,32). The second kappa shape index (κ2) is 10.7. The van der Waals surface area contributed by atoms with Crippen molar-refractivity contribution in [3.05, 3.63) is 59.7 Å². The van der Waals surface area contributed by atoms with E-state index in [9.17, 15) is 22.8 Å². The minimum atomic E-state index is -4.45. The van der Waals surface area contributed by atoms with Crippen molar-refractivity contribution in [2.24, 2.45) is 0 Å². The summed E-state index contributed by atoms with van der Waals surface area (Å²) in [5.41, 5.74) is -0.273. The third-order valence-electron chi connectivity index (χ3n) is 5.56. The van der Waals surface area contributed by atoms with Crippen LogP contribution in [0.5, 0.6) is 0 Å². The van der Waals surface area contributed by atoms with Gasteiger partial charge in [0.15, 0.2) is 0 Å². The number of nitrogens with one attached hydrogen (secondary N) is 4. The number of hydrogen-bond acceptors (Lipinski definition) is 4. The SMILES string of the molecule is CNCCCCC(=O)NC1(C(=O)NCc2ccc(Nc3ccccc3C(F)(F)F)cc2)CC1. The van der Waals surface area contributed by atoms with E-state index in [-0.39, 0.29) is 24.0 Å². The quantitative estimate of drug-likeness (QED) is 0.379. The van der Waals surface area contributed by atoms with Crippen LogP contribution < -0.4 is 21.3 Å². The fourth-order valence-corrected chi connectivity index (χ4v) is 3.50. The van der Waals surface area contributed by atoms with E-state index in [2.05, 4.69) is 21.3 Å². The Morgan fingerprint density at radius 2 is 1.70 bits per heavy atom. The van der Waals surface area contributed by atoms with Gasteiger partial charge in [-0.05, 0) is 69.1 Å². The summed E-state index contributed by atoms with van der Waals surface area (Å²) in [6, 6.07) is 12.1. The van der Waals surface area contributed by atoms with Crippen LogP contribution in [-0.4, -0.2) is 30.9 Å². The third-order valence-corrected chi connectivity index (χ3v) is 5.56. The minimum absolute atomic E-state index is 0.0246. The maximum Gasteiger partial charge on any atom is 0.418 e. The Hall–Kier alpha value is -3.07. The molecule has 1 aliphatic rings. The molecule has 0 aromatic heterocycles. The lowest BCUT2D eigenvalue weighted by atomic mass is 10.1. The zero-order valence-electron chi connectivity index (χ0n) is 18.5. The van der Waals surface area contributed by atoms with Gasteiger partial charge in [0.05, 0.1) is 11.3 Å². The van der Waals surface area contributed by atoms with Crippen molar-refractivity contribution in [3.63, 3.8) is 0 Å². The first kappa shape index (κ1) is 24.6. The summed E-state index contributed by atoms with van der Waals surface area (Å²) in [5.74, 6) is -0.333. The second-order valence-corrected chi connectivity index (χ2v) is 8.24. The Labute approximate surface area is 191 Å². The Morgan fingerprint density at radius 1 is 1.00 bits per heavy atom. The summed E-state index contributed by atoms with van der Waals surface area (Å²) < 4.78 is 39.5. The van der Waals surface area contributed by atoms with E-state index < -0.39 is 17.3 Å². The van der Waals surface area contributed by atoms with Gasteiger partial charge in [-0.3, -0.25) is 9.59 Å². The van der Waals surface area contributed by atoms with E-state index >= 15 is 0 Å². The number of halogens is 3. The fourth-order valence-electron chi connectivity index (χ4n) is 3.50. The molecule has 0 aliphatic heterocycles. The van der Waals surface area contributed by atoms with Crippen LogP contribution in [0.3, 0.4) is 0 Å². The molecule has 9 heteroatoms. The Kier molecular flexibility index (Phi) is 7.97. The summed E-state index contributed by atoms with van der Waals surface area (Å²) >= 11 is 0. The largest absolute Gasteiger partial charge is 0.418 e. The highest BCUT2D eigenvalue weighted by atomic mass is 19.4. The number of benzene rings is 2. The number of carbonyl (C=O) groups excluding carboxylic acids is 2. The van der Waals surface area contributed by atoms with E-state index in [1.165, 1.54) is 18.2 Å². The number of carbonyl (C=O) groups is 2. The van der Waals surface area contributed by atoms with Gasteiger partial charge in [-0.15, -0.1) is 0 Å². The van der Waals surface area contributed by atoms with Gasteiger partial charge in [0.1, 0.15) is 5.54 Å². The molecular weight excluding hydrogens is 433 g/mol. The van der Waals surface area contributed by atoms with Crippen molar-refractivity contribution in [2.75, 3.05) is 18.9 Å². The molecule has 3 rings (SSSR count). The van der Waals surface area contributed by atoms with Gasteiger partial charge in [-0.2, -0.15) is 13.2 Å².